The van der Waals surface area contributed by atoms with Crippen LogP contribution in [-0.2, 0) is 0 Å². The number of rotatable bonds is 5. The van der Waals surface area contributed by atoms with Crippen molar-refractivity contribution in [2.75, 3.05) is 11.9 Å². The van der Waals surface area contributed by atoms with Gasteiger partial charge in [-0.15, -0.1) is 0 Å². The first kappa shape index (κ1) is 12.9. The molecule has 0 unspecified atom stereocenters. The second-order valence-corrected chi connectivity index (χ2v) is 3.88. The quantitative estimate of drug-likeness (QED) is 0.861. The van der Waals surface area contributed by atoms with E-state index < -0.39 is 5.91 Å². The van der Waals surface area contributed by atoms with Crippen molar-refractivity contribution in [3.05, 3.63) is 48.2 Å². The smallest absolute Gasteiger partial charge is 0.250 e. The molecule has 5 nitrogen and oxygen atoms in total. The van der Waals surface area contributed by atoms with Crippen LogP contribution in [0.1, 0.15) is 17.3 Å². The zero-order chi connectivity index (χ0) is 13.7. The van der Waals surface area contributed by atoms with Gasteiger partial charge in [-0.2, -0.15) is 0 Å². The molecule has 3 N–H and O–H groups in total. The molecule has 98 valence electrons. The Morgan fingerprint density at radius 1 is 1.26 bits per heavy atom. The fourth-order valence-electron chi connectivity index (χ4n) is 1.56. The second-order valence-electron chi connectivity index (χ2n) is 3.88. The maximum Gasteiger partial charge on any atom is 0.250 e. The summed E-state index contributed by atoms with van der Waals surface area (Å²) in [5.41, 5.74) is 6.43. The number of pyridine rings is 1. The maximum absolute atomic E-state index is 10.9. The summed E-state index contributed by atoms with van der Waals surface area (Å²) in [6.07, 6.45) is 1.44. The molecular formula is C14H15N3O2. The maximum atomic E-state index is 10.9. The molecule has 1 aromatic carbocycles. The molecule has 0 atom stereocenters. The van der Waals surface area contributed by atoms with Crippen LogP contribution in [0.3, 0.4) is 0 Å². The van der Waals surface area contributed by atoms with Crippen LogP contribution in [-0.4, -0.2) is 17.5 Å². The summed E-state index contributed by atoms with van der Waals surface area (Å²) in [6, 6.07) is 10.9. The Hall–Kier alpha value is -2.56. The number of hydrogen-bond donors (Lipinski definition) is 2. The van der Waals surface area contributed by atoms with Crippen LogP contribution in [0.15, 0.2) is 42.6 Å². The summed E-state index contributed by atoms with van der Waals surface area (Å²) < 4.78 is 5.36. The molecule has 1 aromatic heterocycles. The van der Waals surface area contributed by atoms with Crippen molar-refractivity contribution in [3.63, 3.8) is 0 Å². The summed E-state index contributed by atoms with van der Waals surface area (Å²) in [4.78, 5) is 15.0. The number of ether oxygens (including phenoxy) is 1. The molecule has 0 aliphatic heterocycles. The van der Waals surface area contributed by atoms with Crippen molar-refractivity contribution in [3.8, 4) is 5.75 Å². The summed E-state index contributed by atoms with van der Waals surface area (Å²) in [7, 11) is 0. The highest BCUT2D eigenvalue weighted by Crippen LogP contribution is 2.18. The predicted molar refractivity (Wildman–Crippen MR) is 73.6 cm³/mol. The number of aromatic nitrogens is 1. The van der Waals surface area contributed by atoms with E-state index in [2.05, 4.69) is 10.3 Å². The van der Waals surface area contributed by atoms with Crippen LogP contribution < -0.4 is 15.8 Å². The van der Waals surface area contributed by atoms with Crippen LogP contribution in [0.25, 0.3) is 0 Å². The molecule has 0 spiro atoms. The Morgan fingerprint density at radius 2 is 2.00 bits per heavy atom. The first-order valence-electron chi connectivity index (χ1n) is 5.95. The standard InChI is InChI=1S/C14H15N3O2/c1-2-19-12-6-4-11(5-7-12)17-13-8-3-10(9-16-13)14(15)18/h3-9H,2H2,1H3,(H2,15,18)(H,16,17). The van der Waals surface area contributed by atoms with Gasteiger partial charge in [0, 0.05) is 11.9 Å². The summed E-state index contributed by atoms with van der Waals surface area (Å²) in [5, 5.41) is 3.12. The summed E-state index contributed by atoms with van der Waals surface area (Å²) in [6.45, 7) is 2.58. The lowest BCUT2D eigenvalue weighted by Gasteiger charge is -2.07. The van der Waals surface area contributed by atoms with E-state index in [4.69, 9.17) is 10.5 Å². The van der Waals surface area contributed by atoms with Crippen molar-refractivity contribution in [2.45, 2.75) is 6.92 Å². The number of primary amides is 1. The first-order chi connectivity index (χ1) is 9.19. The molecule has 0 aliphatic rings. The van der Waals surface area contributed by atoms with Gasteiger partial charge in [-0.05, 0) is 43.3 Å². The number of benzene rings is 1. The zero-order valence-corrected chi connectivity index (χ0v) is 10.6. The SMILES string of the molecule is CCOc1ccc(Nc2ccc(C(N)=O)cn2)cc1. The fourth-order valence-corrected chi connectivity index (χ4v) is 1.56. The molecule has 2 aromatic rings. The number of anilines is 2. The van der Waals surface area contributed by atoms with E-state index in [-0.39, 0.29) is 0 Å². The molecule has 0 saturated carbocycles. The third-order valence-corrected chi connectivity index (χ3v) is 2.49. The van der Waals surface area contributed by atoms with Crippen molar-refractivity contribution >= 4 is 17.4 Å². The number of carbonyl (C=O) groups excluding carboxylic acids is 1. The van der Waals surface area contributed by atoms with Crippen LogP contribution in [0, 0.1) is 0 Å². The number of nitrogens with one attached hydrogen (secondary N) is 1. The van der Waals surface area contributed by atoms with Gasteiger partial charge >= 0.3 is 0 Å². The Morgan fingerprint density at radius 3 is 2.53 bits per heavy atom. The molecule has 2 rings (SSSR count). The molecule has 0 fully saturated rings. The average molecular weight is 257 g/mol. The van der Waals surface area contributed by atoms with Gasteiger partial charge in [0.2, 0.25) is 5.91 Å². The topological polar surface area (TPSA) is 77.2 Å². The van der Waals surface area contributed by atoms with Crippen molar-refractivity contribution < 1.29 is 9.53 Å². The fraction of sp³-hybridized carbons (Fsp3) is 0.143. The minimum absolute atomic E-state index is 0.386. The van der Waals surface area contributed by atoms with Gasteiger partial charge < -0.3 is 15.8 Å². The Kier molecular flexibility index (Phi) is 3.97. The highest BCUT2D eigenvalue weighted by atomic mass is 16.5. The Labute approximate surface area is 111 Å². The number of amides is 1. The van der Waals surface area contributed by atoms with Crippen LogP contribution in [0.4, 0.5) is 11.5 Å². The van der Waals surface area contributed by atoms with Gasteiger partial charge in [-0.3, -0.25) is 4.79 Å². The van der Waals surface area contributed by atoms with E-state index >= 15 is 0 Å². The molecule has 0 radical (unpaired) electrons. The molecular weight excluding hydrogens is 242 g/mol. The van der Waals surface area contributed by atoms with Gasteiger partial charge in [-0.1, -0.05) is 0 Å². The highest BCUT2D eigenvalue weighted by Gasteiger charge is 2.01. The highest BCUT2D eigenvalue weighted by molar-refractivity contribution is 5.92. The zero-order valence-electron chi connectivity index (χ0n) is 10.6. The minimum Gasteiger partial charge on any atom is -0.494 e. The van der Waals surface area contributed by atoms with Crippen LogP contribution >= 0.6 is 0 Å². The number of carbonyl (C=O) groups is 1. The second kappa shape index (κ2) is 5.86. The van der Waals surface area contributed by atoms with Gasteiger partial charge in [-0.25, -0.2) is 4.98 Å². The van der Waals surface area contributed by atoms with Crippen molar-refractivity contribution in [2.24, 2.45) is 5.73 Å². The van der Waals surface area contributed by atoms with Crippen LogP contribution in [0.2, 0.25) is 0 Å². The lowest BCUT2D eigenvalue weighted by Crippen LogP contribution is -2.11. The largest absolute Gasteiger partial charge is 0.494 e. The predicted octanol–water partition coefficient (Wildman–Crippen LogP) is 2.32. The van der Waals surface area contributed by atoms with Gasteiger partial charge in [0.05, 0.1) is 12.2 Å². The van der Waals surface area contributed by atoms with E-state index in [1.807, 2.05) is 31.2 Å². The monoisotopic (exact) mass is 257 g/mol. The van der Waals surface area contributed by atoms with Gasteiger partial charge in [0.25, 0.3) is 0 Å². The van der Waals surface area contributed by atoms with Crippen molar-refractivity contribution in [1.82, 2.24) is 4.98 Å². The average Bonchev–Trinajstić information content (AvgIpc) is 2.42. The van der Waals surface area contributed by atoms with E-state index in [0.717, 1.165) is 11.4 Å². The normalized spacial score (nSPS) is 9.95. The molecule has 1 heterocycles. The molecule has 19 heavy (non-hydrogen) atoms. The minimum atomic E-state index is -0.486. The van der Waals surface area contributed by atoms with Gasteiger partial charge in [0.15, 0.2) is 0 Å². The summed E-state index contributed by atoms with van der Waals surface area (Å²) in [5.74, 6) is 0.986. The van der Waals surface area contributed by atoms with Gasteiger partial charge in [0.1, 0.15) is 11.6 Å². The lowest BCUT2D eigenvalue weighted by atomic mass is 10.2. The molecule has 1 amide bonds. The molecule has 0 aliphatic carbocycles. The van der Waals surface area contributed by atoms with E-state index in [9.17, 15) is 4.79 Å². The molecule has 0 saturated heterocycles. The number of nitrogens with zero attached hydrogens (tertiary/aromatic N) is 1. The van der Waals surface area contributed by atoms with E-state index in [0.29, 0.717) is 18.0 Å². The molecule has 5 heteroatoms. The van der Waals surface area contributed by atoms with E-state index in [1.54, 1.807) is 12.1 Å². The van der Waals surface area contributed by atoms with Crippen molar-refractivity contribution in [1.29, 1.82) is 0 Å². The molecule has 0 bridgehead atoms. The summed E-state index contributed by atoms with van der Waals surface area (Å²) >= 11 is 0. The Bertz CT molecular complexity index is 550. The number of nitrogens with two attached hydrogens (primary N) is 1. The third kappa shape index (κ3) is 3.45. The lowest BCUT2D eigenvalue weighted by molar-refractivity contribution is 0.1000. The Balaban J connectivity index is 2.06. The third-order valence-electron chi connectivity index (χ3n) is 2.49. The first-order valence-corrected chi connectivity index (χ1v) is 5.95. The van der Waals surface area contributed by atoms with E-state index in [1.165, 1.54) is 6.20 Å². The van der Waals surface area contributed by atoms with Crippen LogP contribution in [0.5, 0.6) is 5.75 Å². The number of hydrogen-bond acceptors (Lipinski definition) is 4.